The van der Waals surface area contributed by atoms with Crippen LogP contribution in [0, 0.1) is 0 Å². The van der Waals surface area contributed by atoms with Gasteiger partial charge >= 0.3 is 5.97 Å². The standard InChI is InChI=1S/C15H19NO4/c1-10-3-5-12(16-10)15(18)20-8-7-11-4-6-13(17)14(9-11)19-2/h4,6,9,12,16-17H,1,3,5,7-8H2,2H3. The minimum atomic E-state index is -0.267. The monoisotopic (exact) mass is 277 g/mol. The van der Waals surface area contributed by atoms with Crippen molar-refractivity contribution < 1.29 is 19.4 Å². The summed E-state index contributed by atoms with van der Waals surface area (Å²) in [6.07, 6.45) is 2.13. The van der Waals surface area contributed by atoms with Crippen LogP contribution in [0.3, 0.4) is 0 Å². The van der Waals surface area contributed by atoms with Crippen LogP contribution in [0.5, 0.6) is 11.5 Å². The van der Waals surface area contributed by atoms with E-state index in [1.165, 1.54) is 7.11 Å². The molecule has 1 saturated heterocycles. The molecule has 1 unspecified atom stereocenters. The van der Waals surface area contributed by atoms with Gasteiger partial charge in [-0.2, -0.15) is 0 Å². The highest BCUT2D eigenvalue weighted by atomic mass is 16.5. The first-order chi connectivity index (χ1) is 9.60. The summed E-state index contributed by atoms with van der Waals surface area (Å²) >= 11 is 0. The Morgan fingerprint density at radius 3 is 3.00 bits per heavy atom. The van der Waals surface area contributed by atoms with E-state index in [1.807, 2.05) is 0 Å². The first-order valence-electron chi connectivity index (χ1n) is 6.57. The molecule has 0 amide bonds. The molecule has 1 aromatic carbocycles. The molecule has 2 N–H and O–H groups in total. The smallest absolute Gasteiger partial charge is 0.328 e. The molecule has 2 rings (SSSR count). The maximum absolute atomic E-state index is 11.8. The van der Waals surface area contributed by atoms with E-state index in [1.54, 1.807) is 18.2 Å². The highest BCUT2D eigenvalue weighted by Gasteiger charge is 2.25. The van der Waals surface area contributed by atoms with Crippen LogP contribution < -0.4 is 10.1 Å². The Labute approximate surface area is 118 Å². The van der Waals surface area contributed by atoms with Gasteiger partial charge in [-0.1, -0.05) is 12.6 Å². The number of hydrogen-bond acceptors (Lipinski definition) is 5. The van der Waals surface area contributed by atoms with Gasteiger partial charge < -0.3 is 19.9 Å². The number of benzene rings is 1. The summed E-state index contributed by atoms with van der Waals surface area (Å²) in [6.45, 7) is 4.09. The van der Waals surface area contributed by atoms with Gasteiger partial charge in [0.05, 0.1) is 13.7 Å². The minimum absolute atomic E-state index is 0.0990. The Morgan fingerprint density at radius 1 is 1.55 bits per heavy atom. The number of hydrogen-bond donors (Lipinski definition) is 2. The summed E-state index contributed by atoms with van der Waals surface area (Å²) in [7, 11) is 1.50. The fraction of sp³-hybridized carbons (Fsp3) is 0.400. The summed E-state index contributed by atoms with van der Waals surface area (Å²) in [5.41, 5.74) is 1.83. The van der Waals surface area contributed by atoms with Gasteiger partial charge in [0.2, 0.25) is 0 Å². The minimum Gasteiger partial charge on any atom is -0.504 e. The fourth-order valence-electron chi connectivity index (χ4n) is 2.13. The molecule has 0 aromatic heterocycles. The average Bonchev–Trinajstić information content (AvgIpc) is 2.87. The van der Waals surface area contributed by atoms with Gasteiger partial charge in [-0.15, -0.1) is 0 Å². The van der Waals surface area contributed by atoms with Gasteiger partial charge in [0, 0.05) is 12.1 Å². The summed E-state index contributed by atoms with van der Waals surface area (Å²) in [5, 5.41) is 12.5. The Morgan fingerprint density at radius 2 is 2.35 bits per heavy atom. The zero-order chi connectivity index (χ0) is 14.5. The van der Waals surface area contributed by atoms with E-state index in [0.717, 1.165) is 24.1 Å². The van der Waals surface area contributed by atoms with Crippen molar-refractivity contribution in [1.29, 1.82) is 0 Å². The van der Waals surface area contributed by atoms with Gasteiger partial charge in [-0.25, -0.2) is 4.79 Å². The molecule has 1 aromatic rings. The van der Waals surface area contributed by atoms with Crippen LogP contribution in [-0.2, 0) is 16.0 Å². The molecule has 108 valence electrons. The van der Waals surface area contributed by atoms with Crippen molar-refractivity contribution >= 4 is 5.97 Å². The Hall–Kier alpha value is -2.17. The second-order valence-electron chi connectivity index (χ2n) is 4.76. The topological polar surface area (TPSA) is 67.8 Å². The van der Waals surface area contributed by atoms with Crippen molar-refractivity contribution in [2.75, 3.05) is 13.7 Å². The second kappa shape index (κ2) is 6.32. The van der Waals surface area contributed by atoms with E-state index >= 15 is 0 Å². The Bertz CT molecular complexity index is 513. The van der Waals surface area contributed by atoms with E-state index < -0.39 is 0 Å². The first kappa shape index (κ1) is 14.2. The lowest BCUT2D eigenvalue weighted by Crippen LogP contribution is -2.32. The predicted molar refractivity (Wildman–Crippen MR) is 74.6 cm³/mol. The third-order valence-corrected chi connectivity index (χ3v) is 3.28. The van der Waals surface area contributed by atoms with Crippen LogP contribution in [0.2, 0.25) is 0 Å². The van der Waals surface area contributed by atoms with E-state index in [4.69, 9.17) is 9.47 Å². The molecular formula is C15H19NO4. The van der Waals surface area contributed by atoms with Gasteiger partial charge in [0.15, 0.2) is 11.5 Å². The highest BCUT2D eigenvalue weighted by Crippen LogP contribution is 2.26. The fourth-order valence-corrected chi connectivity index (χ4v) is 2.13. The number of aromatic hydroxyl groups is 1. The SMILES string of the molecule is C=C1CCC(C(=O)OCCc2ccc(O)c(OC)c2)N1. The number of phenols is 1. The average molecular weight is 277 g/mol. The molecule has 20 heavy (non-hydrogen) atoms. The molecule has 1 fully saturated rings. The van der Waals surface area contributed by atoms with Gasteiger partial charge in [-0.3, -0.25) is 0 Å². The number of carbonyl (C=O) groups excluding carboxylic acids is 1. The quantitative estimate of drug-likeness (QED) is 0.803. The lowest BCUT2D eigenvalue weighted by molar-refractivity contribution is -0.145. The third-order valence-electron chi connectivity index (χ3n) is 3.28. The van der Waals surface area contributed by atoms with Crippen LogP contribution in [0.4, 0.5) is 0 Å². The van der Waals surface area contributed by atoms with Crippen molar-refractivity contribution in [2.24, 2.45) is 0 Å². The largest absolute Gasteiger partial charge is 0.504 e. The zero-order valence-electron chi connectivity index (χ0n) is 11.5. The number of ether oxygens (including phenoxy) is 2. The summed E-state index contributed by atoms with van der Waals surface area (Å²) in [4.78, 5) is 11.8. The number of allylic oxidation sites excluding steroid dienone is 1. The number of phenolic OH excluding ortho intramolecular Hbond substituents is 1. The molecule has 1 heterocycles. The van der Waals surface area contributed by atoms with Crippen molar-refractivity contribution in [3.8, 4) is 11.5 Å². The molecule has 5 nitrogen and oxygen atoms in total. The molecule has 0 saturated carbocycles. The summed E-state index contributed by atoms with van der Waals surface area (Å²) in [5.74, 6) is 0.277. The molecule has 0 spiro atoms. The number of carbonyl (C=O) groups is 1. The van der Waals surface area contributed by atoms with Crippen molar-refractivity contribution in [2.45, 2.75) is 25.3 Å². The maximum atomic E-state index is 11.8. The number of esters is 1. The van der Waals surface area contributed by atoms with Crippen LogP contribution in [0.1, 0.15) is 18.4 Å². The zero-order valence-corrected chi connectivity index (χ0v) is 11.5. The molecule has 0 radical (unpaired) electrons. The Balaban J connectivity index is 1.81. The molecule has 0 bridgehead atoms. The van der Waals surface area contributed by atoms with Crippen molar-refractivity contribution in [3.05, 3.63) is 36.0 Å². The van der Waals surface area contributed by atoms with Crippen LogP contribution in [0.25, 0.3) is 0 Å². The Kier molecular flexibility index (Phi) is 4.50. The first-order valence-corrected chi connectivity index (χ1v) is 6.57. The summed E-state index contributed by atoms with van der Waals surface area (Å²) < 4.78 is 10.3. The predicted octanol–water partition coefficient (Wildman–Crippen LogP) is 1.75. The van der Waals surface area contributed by atoms with Crippen molar-refractivity contribution in [3.63, 3.8) is 0 Å². The normalized spacial score (nSPS) is 17.6. The molecule has 0 aliphatic carbocycles. The molecule has 1 aliphatic rings. The number of rotatable bonds is 5. The number of methoxy groups -OCH3 is 1. The lowest BCUT2D eigenvalue weighted by atomic mass is 10.1. The molecule has 1 atom stereocenters. The van der Waals surface area contributed by atoms with E-state index in [0.29, 0.717) is 18.8 Å². The van der Waals surface area contributed by atoms with Crippen LogP contribution >= 0.6 is 0 Å². The molecule has 5 heteroatoms. The van der Waals surface area contributed by atoms with Gasteiger partial charge in [0.25, 0.3) is 0 Å². The van der Waals surface area contributed by atoms with Crippen molar-refractivity contribution in [1.82, 2.24) is 5.32 Å². The van der Waals surface area contributed by atoms with Crippen LogP contribution in [0.15, 0.2) is 30.5 Å². The summed E-state index contributed by atoms with van der Waals surface area (Å²) in [6, 6.07) is 4.82. The van der Waals surface area contributed by atoms with E-state index in [9.17, 15) is 9.90 Å². The second-order valence-corrected chi connectivity index (χ2v) is 4.76. The van der Waals surface area contributed by atoms with Gasteiger partial charge in [-0.05, 0) is 30.5 Å². The molecular weight excluding hydrogens is 258 g/mol. The lowest BCUT2D eigenvalue weighted by Gasteiger charge is -2.11. The number of nitrogens with one attached hydrogen (secondary N) is 1. The van der Waals surface area contributed by atoms with Gasteiger partial charge in [0.1, 0.15) is 6.04 Å². The van der Waals surface area contributed by atoms with Crippen LogP contribution in [-0.4, -0.2) is 30.8 Å². The molecule has 1 aliphatic heterocycles. The van der Waals surface area contributed by atoms with E-state index in [2.05, 4.69) is 11.9 Å². The van der Waals surface area contributed by atoms with E-state index in [-0.39, 0.29) is 17.8 Å². The third kappa shape index (κ3) is 3.44. The maximum Gasteiger partial charge on any atom is 0.328 e. The highest BCUT2D eigenvalue weighted by molar-refractivity contribution is 5.76.